The van der Waals surface area contributed by atoms with Crippen LogP contribution in [0.2, 0.25) is 18.1 Å². The van der Waals surface area contributed by atoms with Crippen molar-refractivity contribution in [2.75, 3.05) is 6.61 Å². The molecule has 1 heterocycles. The summed E-state index contributed by atoms with van der Waals surface area (Å²) in [6.07, 6.45) is -0.199. The molecule has 35 heavy (non-hydrogen) atoms. The molecule has 1 aromatic carbocycles. The molecule has 0 aromatic heterocycles. The van der Waals surface area contributed by atoms with E-state index < -0.39 is 49.5 Å². The Morgan fingerprint density at radius 3 is 1.83 bits per heavy atom. The Morgan fingerprint density at radius 1 is 0.914 bits per heavy atom. The van der Waals surface area contributed by atoms with Crippen LogP contribution in [0, 0.1) is 0 Å². The van der Waals surface area contributed by atoms with E-state index in [-0.39, 0.29) is 5.04 Å². The molecule has 1 unspecified atom stereocenters. The summed E-state index contributed by atoms with van der Waals surface area (Å²) in [4.78, 5) is 38.7. The number of ether oxygens (including phenoxy) is 3. The summed E-state index contributed by atoms with van der Waals surface area (Å²) in [6.45, 7) is 19.8. The molecule has 0 amide bonds. The van der Waals surface area contributed by atoms with Crippen molar-refractivity contribution in [3.05, 3.63) is 29.8 Å². The lowest BCUT2D eigenvalue weighted by atomic mass is 9.94. The van der Waals surface area contributed by atoms with Gasteiger partial charge in [0.05, 0.1) is 12.2 Å². The number of esters is 3. The van der Waals surface area contributed by atoms with Crippen LogP contribution in [0.5, 0.6) is 5.75 Å². The second kappa shape index (κ2) is 10.4. The third kappa shape index (κ3) is 6.31. The van der Waals surface area contributed by atoms with Crippen LogP contribution in [-0.2, 0) is 34.7 Å². The molecule has 1 saturated heterocycles. The fourth-order valence-corrected chi connectivity index (χ4v) is 4.37. The topological polar surface area (TPSA) is 110 Å². The lowest BCUT2D eigenvalue weighted by Crippen LogP contribution is -2.48. The van der Waals surface area contributed by atoms with Crippen molar-refractivity contribution >= 4 is 26.2 Å². The van der Waals surface area contributed by atoms with E-state index in [0.717, 1.165) is 12.0 Å². The second-order valence-electron chi connectivity index (χ2n) is 11.3. The van der Waals surface area contributed by atoms with Gasteiger partial charge in [0.1, 0.15) is 5.75 Å². The summed E-state index contributed by atoms with van der Waals surface area (Å²) in [5.41, 5.74) is -2.50. The highest BCUT2D eigenvalue weighted by Crippen LogP contribution is 2.43. The fourth-order valence-electron chi connectivity index (χ4n) is 3.32. The molecule has 2 rings (SSSR count). The predicted octanol–water partition coefficient (Wildman–Crippen LogP) is 4.16. The molecule has 0 radical (unpaired) electrons. The highest BCUT2D eigenvalue weighted by Gasteiger charge is 2.81. The Kier molecular flexibility index (Phi) is 8.62. The van der Waals surface area contributed by atoms with E-state index in [1.54, 1.807) is 39.8 Å². The largest absolute Gasteiger partial charge is 0.461 e. The van der Waals surface area contributed by atoms with Gasteiger partial charge in [-0.25, -0.2) is 14.4 Å². The van der Waals surface area contributed by atoms with Gasteiger partial charge < -0.3 is 18.6 Å². The standard InChI is InChI=1S/C26H41NO7Si/c1-17(2)32-22(29)26(23(30)33-18(3)4)25(8,27-26)21(28)34-20-13-11-19(12-14-20)15-16-31-35(9,10)24(5,6)7/h11-14,17-18,27H,15-16H2,1-10H3. The Bertz CT molecular complexity index is 912. The van der Waals surface area contributed by atoms with Gasteiger partial charge >= 0.3 is 17.9 Å². The molecule has 0 saturated carbocycles. The first-order chi connectivity index (χ1) is 16.0. The normalized spacial score (nSPS) is 19.4. The fraction of sp³-hybridized carbons (Fsp3) is 0.654. The van der Waals surface area contributed by atoms with Gasteiger partial charge in [-0.2, -0.15) is 0 Å². The Labute approximate surface area is 210 Å². The van der Waals surface area contributed by atoms with Crippen LogP contribution < -0.4 is 10.1 Å². The maximum absolute atomic E-state index is 13.0. The Balaban J connectivity index is 2.07. The van der Waals surface area contributed by atoms with Gasteiger partial charge in [0.25, 0.3) is 0 Å². The highest BCUT2D eigenvalue weighted by molar-refractivity contribution is 6.74. The summed E-state index contributed by atoms with van der Waals surface area (Å²) in [5.74, 6) is -2.19. The summed E-state index contributed by atoms with van der Waals surface area (Å²) in [5, 5.41) is 2.87. The molecule has 0 bridgehead atoms. The summed E-state index contributed by atoms with van der Waals surface area (Å²) < 4.78 is 22.3. The Hall–Kier alpha value is -2.23. The van der Waals surface area contributed by atoms with E-state index in [1.165, 1.54) is 6.92 Å². The van der Waals surface area contributed by atoms with Gasteiger partial charge in [0, 0.05) is 6.61 Å². The van der Waals surface area contributed by atoms with Crippen LogP contribution >= 0.6 is 0 Å². The molecule has 1 atom stereocenters. The third-order valence-corrected chi connectivity index (χ3v) is 11.2. The number of nitrogens with one attached hydrogen (secondary N) is 1. The molecule has 1 N–H and O–H groups in total. The molecule has 1 fully saturated rings. The minimum atomic E-state index is -1.94. The first kappa shape index (κ1) is 29.0. The minimum Gasteiger partial charge on any atom is -0.461 e. The molecule has 8 nitrogen and oxygen atoms in total. The number of rotatable bonds is 10. The average Bonchev–Trinajstić information content (AvgIpc) is 3.36. The van der Waals surface area contributed by atoms with E-state index in [1.807, 2.05) is 12.1 Å². The molecule has 0 spiro atoms. The molecule has 196 valence electrons. The molecule has 1 aliphatic heterocycles. The second-order valence-corrected chi connectivity index (χ2v) is 16.1. The average molecular weight is 508 g/mol. The van der Waals surface area contributed by atoms with Gasteiger partial charge in [0.15, 0.2) is 13.9 Å². The number of carbonyl (C=O) groups excluding carboxylic acids is 3. The van der Waals surface area contributed by atoms with Crippen LogP contribution in [-0.4, -0.2) is 56.1 Å². The predicted molar refractivity (Wildman–Crippen MR) is 136 cm³/mol. The van der Waals surface area contributed by atoms with Gasteiger partial charge in [0.2, 0.25) is 5.54 Å². The van der Waals surface area contributed by atoms with Gasteiger partial charge in [-0.15, -0.1) is 0 Å². The number of hydrogen-bond acceptors (Lipinski definition) is 8. The van der Waals surface area contributed by atoms with Crippen LogP contribution in [0.3, 0.4) is 0 Å². The highest BCUT2D eigenvalue weighted by atomic mass is 28.4. The quantitative estimate of drug-likeness (QED) is 0.165. The van der Waals surface area contributed by atoms with E-state index in [4.69, 9.17) is 18.6 Å². The lowest BCUT2D eigenvalue weighted by molar-refractivity contribution is -0.166. The van der Waals surface area contributed by atoms with Crippen molar-refractivity contribution in [1.29, 1.82) is 0 Å². The first-order valence-electron chi connectivity index (χ1n) is 12.1. The van der Waals surface area contributed by atoms with Crippen molar-refractivity contribution < 1.29 is 33.0 Å². The number of hydrogen-bond donors (Lipinski definition) is 1. The summed E-state index contributed by atoms with van der Waals surface area (Å²) in [7, 11) is -1.81. The molecule has 0 aliphatic carbocycles. The van der Waals surface area contributed by atoms with E-state index >= 15 is 0 Å². The van der Waals surface area contributed by atoms with Crippen molar-refractivity contribution in [1.82, 2.24) is 5.32 Å². The summed E-state index contributed by atoms with van der Waals surface area (Å²) >= 11 is 0. The summed E-state index contributed by atoms with van der Waals surface area (Å²) in [6, 6.07) is 7.11. The SMILES string of the molecule is CC(C)OC(=O)C1(C(=O)OC(C)C)NC1(C)C(=O)Oc1ccc(CCO[Si](C)(C)C(C)(C)C)cc1. The molecular formula is C26H41NO7Si. The van der Waals surface area contributed by atoms with Crippen LogP contribution in [0.4, 0.5) is 0 Å². The maximum atomic E-state index is 13.0. The molecule has 9 heteroatoms. The molecule has 1 aromatic rings. The molecular weight excluding hydrogens is 466 g/mol. The molecule has 1 aliphatic rings. The lowest BCUT2D eigenvalue weighted by Gasteiger charge is -2.36. The third-order valence-electron chi connectivity index (χ3n) is 6.62. The van der Waals surface area contributed by atoms with Crippen molar-refractivity contribution in [2.24, 2.45) is 0 Å². The zero-order chi connectivity index (χ0) is 26.8. The van der Waals surface area contributed by atoms with Crippen LogP contribution in [0.25, 0.3) is 0 Å². The monoisotopic (exact) mass is 507 g/mol. The minimum absolute atomic E-state index is 0.149. The van der Waals surface area contributed by atoms with Crippen LogP contribution in [0.15, 0.2) is 24.3 Å². The first-order valence-corrected chi connectivity index (χ1v) is 15.0. The smallest absolute Gasteiger partial charge is 0.341 e. The van der Waals surface area contributed by atoms with Crippen LogP contribution in [0.1, 0.15) is 61.0 Å². The zero-order valence-corrected chi connectivity index (χ0v) is 23.7. The van der Waals surface area contributed by atoms with Crippen molar-refractivity contribution in [3.63, 3.8) is 0 Å². The van der Waals surface area contributed by atoms with Gasteiger partial charge in [-0.05, 0) is 76.9 Å². The number of benzene rings is 1. The van der Waals surface area contributed by atoms with Gasteiger partial charge in [-0.1, -0.05) is 32.9 Å². The van der Waals surface area contributed by atoms with E-state index in [2.05, 4.69) is 39.2 Å². The number of carbonyl (C=O) groups is 3. The van der Waals surface area contributed by atoms with E-state index in [0.29, 0.717) is 12.4 Å². The van der Waals surface area contributed by atoms with Gasteiger partial charge in [-0.3, -0.25) is 5.32 Å². The van der Waals surface area contributed by atoms with E-state index in [9.17, 15) is 14.4 Å². The van der Waals surface area contributed by atoms with Crippen molar-refractivity contribution in [3.8, 4) is 5.75 Å². The van der Waals surface area contributed by atoms with Crippen molar-refractivity contribution in [2.45, 2.75) is 103 Å². The maximum Gasteiger partial charge on any atom is 0.341 e. The Morgan fingerprint density at radius 2 is 1.40 bits per heavy atom. The zero-order valence-electron chi connectivity index (χ0n) is 22.7.